The minimum Gasteiger partial charge on any atom is -0.475 e. The summed E-state index contributed by atoms with van der Waals surface area (Å²) in [6.07, 6.45) is -2.49. The molecule has 0 spiro atoms. The first-order chi connectivity index (χ1) is 11.2. The van der Waals surface area contributed by atoms with Gasteiger partial charge in [-0.15, -0.1) is 0 Å². The number of aromatic nitrogens is 1. The molecule has 24 heavy (non-hydrogen) atoms. The monoisotopic (exact) mass is 340 g/mol. The summed E-state index contributed by atoms with van der Waals surface area (Å²) < 4.78 is 31.7. The van der Waals surface area contributed by atoms with Crippen molar-refractivity contribution in [2.24, 2.45) is 0 Å². The molecule has 1 aliphatic heterocycles. The second-order valence-corrected chi connectivity index (χ2v) is 5.82. The van der Waals surface area contributed by atoms with Crippen LogP contribution < -0.4 is 4.90 Å². The van der Waals surface area contributed by atoms with E-state index < -0.39 is 12.1 Å². The standard InChI is InChI=1S/C15H18N2.C2HF3O2/c1-11-5-6-14-13(9-11)12(2)10-15(16-14)17-7-3-4-8-17;3-2(4,5)1(6)7/h5-6,9-10H,3-4,7-8H2,1-2H3;(H,6,7). The average molecular weight is 340 g/mol. The van der Waals surface area contributed by atoms with Gasteiger partial charge in [0.25, 0.3) is 0 Å². The molecule has 2 aromatic rings. The molecule has 1 fully saturated rings. The number of nitrogens with zero attached hydrogens (tertiary/aromatic N) is 2. The first-order valence-electron chi connectivity index (χ1n) is 7.61. The lowest BCUT2D eigenvalue weighted by Gasteiger charge is -2.18. The van der Waals surface area contributed by atoms with Gasteiger partial charge >= 0.3 is 12.1 Å². The highest BCUT2D eigenvalue weighted by molar-refractivity contribution is 5.84. The maximum absolute atomic E-state index is 10.6. The Labute approximate surface area is 137 Å². The Balaban J connectivity index is 0.000000256. The summed E-state index contributed by atoms with van der Waals surface area (Å²) >= 11 is 0. The summed E-state index contributed by atoms with van der Waals surface area (Å²) in [5, 5.41) is 8.41. The SMILES string of the molecule is Cc1ccc2nc(N3CCCC3)cc(C)c2c1.O=C(O)C(F)(F)F. The third kappa shape index (κ3) is 4.37. The Hall–Kier alpha value is -2.31. The molecular weight excluding hydrogens is 321 g/mol. The number of aliphatic carboxylic acids is 1. The van der Waals surface area contributed by atoms with Gasteiger partial charge in [0.15, 0.2) is 0 Å². The van der Waals surface area contributed by atoms with Crippen LogP contribution in [0.4, 0.5) is 19.0 Å². The Bertz CT molecular complexity index is 738. The van der Waals surface area contributed by atoms with E-state index in [9.17, 15) is 13.2 Å². The number of halogens is 3. The summed E-state index contributed by atoms with van der Waals surface area (Å²) in [5.41, 5.74) is 3.76. The van der Waals surface area contributed by atoms with Crippen molar-refractivity contribution in [1.29, 1.82) is 0 Å². The molecule has 7 heteroatoms. The number of carbonyl (C=O) groups is 1. The molecule has 1 aromatic heterocycles. The number of carboxylic acid groups (broad SMARTS) is 1. The summed E-state index contributed by atoms with van der Waals surface area (Å²) in [7, 11) is 0. The van der Waals surface area contributed by atoms with E-state index in [0.717, 1.165) is 24.4 Å². The van der Waals surface area contributed by atoms with Crippen LogP contribution in [0.25, 0.3) is 10.9 Å². The van der Waals surface area contributed by atoms with Gasteiger partial charge in [-0.3, -0.25) is 0 Å². The van der Waals surface area contributed by atoms with Gasteiger partial charge in [0, 0.05) is 18.5 Å². The van der Waals surface area contributed by atoms with Crippen LogP contribution in [-0.2, 0) is 4.79 Å². The van der Waals surface area contributed by atoms with Gasteiger partial charge in [-0.25, -0.2) is 9.78 Å². The molecular formula is C17H19F3N2O2. The number of hydrogen-bond acceptors (Lipinski definition) is 3. The van der Waals surface area contributed by atoms with Crippen LogP contribution in [-0.4, -0.2) is 35.3 Å². The highest BCUT2D eigenvalue weighted by atomic mass is 19.4. The van der Waals surface area contributed by atoms with Crippen LogP contribution >= 0.6 is 0 Å². The van der Waals surface area contributed by atoms with Gasteiger partial charge in [-0.1, -0.05) is 11.6 Å². The third-order valence-corrected chi connectivity index (χ3v) is 3.83. The van der Waals surface area contributed by atoms with Crippen molar-refractivity contribution in [3.8, 4) is 0 Å². The Kier molecular flexibility index (Phi) is 5.31. The lowest BCUT2D eigenvalue weighted by molar-refractivity contribution is -0.192. The zero-order valence-corrected chi connectivity index (χ0v) is 13.5. The van der Waals surface area contributed by atoms with Gasteiger partial charge in [0.05, 0.1) is 5.52 Å². The zero-order chi connectivity index (χ0) is 17.9. The largest absolute Gasteiger partial charge is 0.490 e. The molecule has 1 aliphatic rings. The predicted molar refractivity (Wildman–Crippen MR) is 86.4 cm³/mol. The predicted octanol–water partition coefficient (Wildman–Crippen LogP) is 4.09. The van der Waals surface area contributed by atoms with E-state index in [1.165, 1.54) is 29.4 Å². The highest BCUT2D eigenvalue weighted by Gasteiger charge is 2.38. The second kappa shape index (κ2) is 7.07. The molecule has 0 aliphatic carbocycles. The number of benzene rings is 1. The van der Waals surface area contributed by atoms with Gasteiger partial charge < -0.3 is 10.0 Å². The summed E-state index contributed by atoms with van der Waals surface area (Å²) in [6.45, 7) is 6.63. The van der Waals surface area contributed by atoms with Crippen molar-refractivity contribution < 1.29 is 23.1 Å². The number of pyridine rings is 1. The molecule has 0 atom stereocenters. The van der Waals surface area contributed by atoms with Crippen LogP contribution in [0, 0.1) is 13.8 Å². The van der Waals surface area contributed by atoms with Crippen LogP contribution in [0.5, 0.6) is 0 Å². The molecule has 1 saturated heterocycles. The van der Waals surface area contributed by atoms with Gasteiger partial charge in [-0.2, -0.15) is 13.2 Å². The number of hydrogen-bond donors (Lipinski definition) is 1. The van der Waals surface area contributed by atoms with Crippen molar-refractivity contribution in [2.45, 2.75) is 32.9 Å². The number of aryl methyl sites for hydroxylation is 2. The molecule has 0 saturated carbocycles. The van der Waals surface area contributed by atoms with Gasteiger partial charge in [0.1, 0.15) is 5.82 Å². The van der Waals surface area contributed by atoms with Crippen molar-refractivity contribution in [1.82, 2.24) is 4.98 Å². The molecule has 1 aromatic carbocycles. The Morgan fingerprint density at radius 2 is 1.75 bits per heavy atom. The van der Waals surface area contributed by atoms with Gasteiger partial charge in [-0.05, 0) is 50.5 Å². The smallest absolute Gasteiger partial charge is 0.475 e. The molecule has 0 radical (unpaired) electrons. The van der Waals surface area contributed by atoms with E-state index in [0.29, 0.717) is 0 Å². The van der Waals surface area contributed by atoms with Crippen LogP contribution in [0.3, 0.4) is 0 Å². The van der Waals surface area contributed by atoms with E-state index >= 15 is 0 Å². The van der Waals surface area contributed by atoms with E-state index in [1.54, 1.807) is 0 Å². The van der Waals surface area contributed by atoms with E-state index in [2.05, 4.69) is 43.0 Å². The molecule has 1 N–H and O–H groups in total. The Morgan fingerprint density at radius 1 is 1.17 bits per heavy atom. The van der Waals surface area contributed by atoms with Crippen molar-refractivity contribution >= 4 is 22.7 Å². The number of carboxylic acids is 1. The quantitative estimate of drug-likeness (QED) is 0.850. The minimum atomic E-state index is -5.08. The first kappa shape index (κ1) is 18.0. The normalized spacial score (nSPS) is 14.5. The lowest BCUT2D eigenvalue weighted by atomic mass is 10.1. The maximum Gasteiger partial charge on any atom is 0.490 e. The van der Waals surface area contributed by atoms with E-state index in [1.807, 2.05) is 0 Å². The van der Waals surface area contributed by atoms with Crippen LogP contribution in [0.15, 0.2) is 24.3 Å². The second-order valence-electron chi connectivity index (χ2n) is 5.82. The summed E-state index contributed by atoms with van der Waals surface area (Å²) in [4.78, 5) is 16.1. The molecule has 0 unspecified atom stereocenters. The van der Waals surface area contributed by atoms with E-state index in [4.69, 9.17) is 14.9 Å². The topological polar surface area (TPSA) is 53.4 Å². The number of alkyl halides is 3. The number of anilines is 1. The summed E-state index contributed by atoms with van der Waals surface area (Å²) in [5.74, 6) is -1.61. The number of rotatable bonds is 1. The van der Waals surface area contributed by atoms with E-state index in [-0.39, 0.29) is 0 Å². The number of fused-ring (bicyclic) bond motifs is 1. The fraction of sp³-hybridized carbons (Fsp3) is 0.412. The van der Waals surface area contributed by atoms with Crippen molar-refractivity contribution in [3.05, 3.63) is 35.4 Å². The van der Waals surface area contributed by atoms with Gasteiger partial charge in [0.2, 0.25) is 0 Å². The van der Waals surface area contributed by atoms with Crippen molar-refractivity contribution in [2.75, 3.05) is 18.0 Å². The average Bonchev–Trinajstić information content (AvgIpc) is 3.02. The molecule has 3 rings (SSSR count). The highest BCUT2D eigenvalue weighted by Crippen LogP contribution is 2.25. The van der Waals surface area contributed by atoms with Crippen LogP contribution in [0.1, 0.15) is 24.0 Å². The lowest BCUT2D eigenvalue weighted by Crippen LogP contribution is -2.21. The van der Waals surface area contributed by atoms with Crippen molar-refractivity contribution in [3.63, 3.8) is 0 Å². The Morgan fingerprint density at radius 3 is 2.29 bits per heavy atom. The fourth-order valence-corrected chi connectivity index (χ4v) is 2.60. The molecule has 130 valence electrons. The molecule has 4 nitrogen and oxygen atoms in total. The maximum atomic E-state index is 10.6. The third-order valence-electron chi connectivity index (χ3n) is 3.83. The zero-order valence-electron chi connectivity index (χ0n) is 13.5. The van der Waals surface area contributed by atoms with Crippen LogP contribution in [0.2, 0.25) is 0 Å². The molecule has 0 bridgehead atoms. The minimum absolute atomic E-state index is 1.12. The summed E-state index contributed by atoms with van der Waals surface area (Å²) in [6, 6.07) is 8.73. The fourth-order valence-electron chi connectivity index (χ4n) is 2.60. The molecule has 2 heterocycles. The molecule has 0 amide bonds. The first-order valence-corrected chi connectivity index (χ1v) is 7.61.